The Hall–Kier alpha value is -2.10. The van der Waals surface area contributed by atoms with E-state index in [1.165, 1.54) is 24.0 Å². The maximum Gasteiger partial charge on any atom is 0.132 e. The van der Waals surface area contributed by atoms with Gasteiger partial charge in [0.2, 0.25) is 0 Å². The van der Waals surface area contributed by atoms with Gasteiger partial charge >= 0.3 is 0 Å². The fourth-order valence-corrected chi connectivity index (χ4v) is 2.46. The highest BCUT2D eigenvalue weighted by Gasteiger charge is 2.05. The van der Waals surface area contributed by atoms with Gasteiger partial charge in [0.25, 0.3) is 0 Å². The molecule has 0 spiro atoms. The number of ether oxygens (including phenoxy) is 1. The lowest BCUT2D eigenvalue weighted by Gasteiger charge is -2.14. The summed E-state index contributed by atoms with van der Waals surface area (Å²) in [6.07, 6.45) is 5.05. The van der Waals surface area contributed by atoms with Gasteiger partial charge in [0.1, 0.15) is 24.5 Å². The molecule has 124 valence electrons. The third-order valence-corrected chi connectivity index (χ3v) is 4.00. The molecule has 0 radical (unpaired) electrons. The van der Waals surface area contributed by atoms with Crippen molar-refractivity contribution < 1.29 is 4.74 Å². The second-order valence-electron chi connectivity index (χ2n) is 5.92. The molecular weight excluding hydrogens is 286 g/mol. The minimum atomic E-state index is 0.616. The first-order valence-corrected chi connectivity index (χ1v) is 8.36. The van der Waals surface area contributed by atoms with E-state index in [-0.39, 0.29) is 0 Å². The minimum Gasteiger partial charge on any atom is -0.491 e. The standard InChI is InChI=1S/C19H27N3O/c1-5-6-7-17-12-14(2)8-9-18(17)23-11-10-20-19-15(3)16(4)21-13-22-19/h8-9,12-13H,5-7,10-11H2,1-4H3,(H,20,21,22). The minimum absolute atomic E-state index is 0.616. The number of anilines is 1. The lowest BCUT2D eigenvalue weighted by molar-refractivity contribution is 0.329. The van der Waals surface area contributed by atoms with Gasteiger partial charge in [0, 0.05) is 11.3 Å². The molecule has 0 unspecified atom stereocenters. The van der Waals surface area contributed by atoms with Crippen LogP contribution in [0.3, 0.4) is 0 Å². The van der Waals surface area contributed by atoms with Gasteiger partial charge in [-0.3, -0.25) is 0 Å². The number of unbranched alkanes of at least 4 members (excludes halogenated alkanes) is 1. The highest BCUT2D eigenvalue weighted by atomic mass is 16.5. The van der Waals surface area contributed by atoms with Gasteiger partial charge in [-0.15, -0.1) is 0 Å². The number of nitrogens with zero attached hydrogens (tertiary/aromatic N) is 2. The Morgan fingerprint density at radius 2 is 1.96 bits per heavy atom. The highest BCUT2D eigenvalue weighted by Crippen LogP contribution is 2.22. The Morgan fingerprint density at radius 1 is 1.13 bits per heavy atom. The van der Waals surface area contributed by atoms with E-state index in [4.69, 9.17) is 4.74 Å². The largest absolute Gasteiger partial charge is 0.491 e. The van der Waals surface area contributed by atoms with E-state index in [0.717, 1.165) is 35.8 Å². The molecule has 0 atom stereocenters. The van der Waals surface area contributed by atoms with E-state index in [2.05, 4.69) is 47.3 Å². The van der Waals surface area contributed by atoms with Crippen molar-refractivity contribution in [3.05, 3.63) is 46.9 Å². The molecule has 0 saturated heterocycles. The number of hydrogen-bond acceptors (Lipinski definition) is 4. The average molecular weight is 313 g/mol. The van der Waals surface area contributed by atoms with E-state index < -0.39 is 0 Å². The molecule has 4 nitrogen and oxygen atoms in total. The van der Waals surface area contributed by atoms with Crippen molar-refractivity contribution in [3.8, 4) is 5.75 Å². The van der Waals surface area contributed by atoms with Crippen molar-refractivity contribution in [2.45, 2.75) is 47.0 Å². The number of rotatable bonds is 8. The van der Waals surface area contributed by atoms with Crippen LogP contribution in [0.2, 0.25) is 0 Å². The summed E-state index contributed by atoms with van der Waals surface area (Å²) in [5, 5.41) is 3.32. The summed E-state index contributed by atoms with van der Waals surface area (Å²) < 4.78 is 5.98. The second kappa shape index (κ2) is 8.51. The summed E-state index contributed by atoms with van der Waals surface area (Å²) >= 11 is 0. The van der Waals surface area contributed by atoms with Crippen molar-refractivity contribution in [3.63, 3.8) is 0 Å². The Balaban J connectivity index is 1.90. The monoisotopic (exact) mass is 313 g/mol. The molecular formula is C19H27N3O. The van der Waals surface area contributed by atoms with Crippen LogP contribution in [0.4, 0.5) is 5.82 Å². The lowest BCUT2D eigenvalue weighted by Crippen LogP contribution is -2.14. The first-order valence-electron chi connectivity index (χ1n) is 8.36. The van der Waals surface area contributed by atoms with Gasteiger partial charge in [-0.25, -0.2) is 9.97 Å². The van der Waals surface area contributed by atoms with Crippen LogP contribution in [-0.4, -0.2) is 23.1 Å². The Kier molecular flexibility index (Phi) is 6.39. The number of nitrogens with one attached hydrogen (secondary N) is 1. The molecule has 1 aromatic carbocycles. The Labute approximate surface area is 139 Å². The van der Waals surface area contributed by atoms with Crippen molar-refractivity contribution in [2.75, 3.05) is 18.5 Å². The third kappa shape index (κ3) is 4.95. The van der Waals surface area contributed by atoms with Gasteiger partial charge < -0.3 is 10.1 Å². The molecule has 0 aliphatic heterocycles. The van der Waals surface area contributed by atoms with E-state index in [0.29, 0.717) is 6.61 Å². The lowest BCUT2D eigenvalue weighted by atomic mass is 10.0. The van der Waals surface area contributed by atoms with Crippen LogP contribution in [0.25, 0.3) is 0 Å². The van der Waals surface area contributed by atoms with Crippen molar-refractivity contribution in [1.82, 2.24) is 9.97 Å². The molecule has 0 fully saturated rings. The molecule has 23 heavy (non-hydrogen) atoms. The number of hydrogen-bond donors (Lipinski definition) is 1. The van der Waals surface area contributed by atoms with Gasteiger partial charge in [0.05, 0.1) is 6.54 Å². The highest BCUT2D eigenvalue weighted by molar-refractivity contribution is 5.44. The number of aromatic nitrogens is 2. The Bertz CT molecular complexity index is 641. The molecule has 2 aromatic rings. The van der Waals surface area contributed by atoms with Gasteiger partial charge in [-0.1, -0.05) is 31.0 Å². The first-order chi connectivity index (χ1) is 11.1. The molecule has 2 rings (SSSR count). The summed E-state index contributed by atoms with van der Waals surface area (Å²) in [4.78, 5) is 8.46. The Morgan fingerprint density at radius 3 is 2.74 bits per heavy atom. The average Bonchev–Trinajstić information content (AvgIpc) is 2.54. The van der Waals surface area contributed by atoms with Crippen LogP contribution in [0.5, 0.6) is 5.75 Å². The van der Waals surface area contributed by atoms with Crippen LogP contribution in [-0.2, 0) is 6.42 Å². The molecule has 4 heteroatoms. The normalized spacial score (nSPS) is 10.6. The van der Waals surface area contributed by atoms with Gasteiger partial charge in [-0.05, 0) is 45.2 Å². The smallest absolute Gasteiger partial charge is 0.132 e. The molecule has 0 bridgehead atoms. The molecule has 0 amide bonds. The van der Waals surface area contributed by atoms with Crippen molar-refractivity contribution >= 4 is 5.82 Å². The molecule has 1 heterocycles. The van der Waals surface area contributed by atoms with Gasteiger partial charge in [-0.2, -0.15) is 0 Å². The quantitative estimate of drug-likeness (QED) is 0.741. The van der Waals surface area contributed by atoms with Crippen LogP contribution < -0.4 is 10.1 Å². The topological polar surface area (TPSA) is 47.0 Å². The van der Waals surface area contributed by atoms with Gasteiger partial charge in [0.15, 0.2) is 0 Å². The summed E-state index contributed by atoms with van der Waals surface area (Å²) in [7, 11) is 0. The summed E-state index contributed by atoms with van der Waals surface area (Å²) in [5.41, 5.74) is 4.69. The molecule has 1 aromatic heterocycles. The third-order valence-electron chi connectivity index (χ3n) is 4.00. The van der Waals surface area contributed by atoms with E-state index in [1.807, 2.05) is 13.8 Å². The second-order valence-corrected chi connectivity index (χ2v) is 5.92. The summed E-state index contributed by atoms with van der Waals surface area (Å²) in [6.45, 7) is 9.70. The SMILES string of the molecule is CCCCc1cc(C)ccc1OCCNc1ncnc(C)c1C. The maximum absolute atomic E-state index is 5.98. The zero-order valence-corrected chi connectivity index (χ0v) is 14.6. The summed E-state index contributed by atoms with van der Waals surface area (Å²) in [5.74, 6) is 1.89. The first kappa shape index (κ1) is 17.3. The molecule has 1 N–H and O–H groups in total. The maximum atomic E-state index is 5.98. The van der Waals surface area contributed by atoms with Crippen LogP contribution in [0, 0.1) is 20.8 Å². The molecule has 0 saturated carbocycles. The fourth-order valence-electron chi connectivity index (χ4n) is 2.46. The predicted octanol–water partition coefficient (Wildman–Crippen LogP) is 4.24. The summed E-state index contributed by atoms with van der Waals surface area (Å²) in [6, 6.07) is 6.42. The van der Waals surface area contributed by atoms with Crippen molar-refractivity contribution in [1.29, 1.82) is 0 Å². The predicted molar refractivity (Wildman–Crippen MR) is 95.3 cm³/mol. The van der Waals surface area contributed by atoms with E-state index >= 15 is 0 Å². The fraction of sp³-hybridized carbons (Fsp3) is 0.474. The zero-order chi connectivity index (χ0) is 16.7. The molecule has 0 aliphatic carbocycles. The van der Waals surface area contributed by atoms with E-state index in [9.17, 15) is 0 Å². The van der Waals surface area contributed by atoms with Crippen LogP contribution >= 0.6 is 0 Å². The van der Waals surface area contributed by atoms with Crippen LogP contribution in [0.15, 0.2) is 24.5 Å². The van der Waals surface area contributed by atoms with Crippen molar-refractivity contribution in [2.24, 2.45) is 0 Å². The number of benzene rings is 1. The van der Waals surface area contributed by atoms with Crippen LogP contribution in [0.1, 0.15) is 42.1 Å². The van der Waals surface area contributed by atoms with E-state index in [1.54, 1.807) is 6.33 Å². The molecule has 0 aliphatic rings. The zero-order valence-electron chi connectivity index (χ0n) is 14.6. The number of aryl methyl sites for hydroxylation is 3.